The van der Waals surface area contributed by atoms with Gasteiger partial charge < -0.3 is 9.64 Å². The van der Waals surface area contributed by atoms with E-state index < -0.39 is 12.0 Å². The van der Waals surface area contributed by atoms with E-state index in [2.05, 4.69) is 4.99 Å². The van der Waals surface area contributed by atoms with E-state index in [-0.39, 0.29) is 17.0 Å². The number of amides is 1. The van der Waals surface area contributed by atoms with Gasteiger partial charge in [-0.25, -0.2) is 9.79 Å². The molecule has 0 radical (unpaired) electrons. The van der Waals surface area contributed by atoms with Crippen molar-refractivity contribution < 1.29 is 14.3 Å². The molecule has 0 N–H and O–H groups in total. The summed E-state index contributed by atoms with van der Waals surface area (Å²) in [6, 6.07) is 13.7. The second kappa shape index (κ2) is 8.94. The molecule has 0 bridgehead atoms. The molecule has 0 fully saturated rings. The number of carbonyl (C=O) groups is 2. The van der Waals surface area contributed by atoms with Gasteiger partial charge in [-0.1, -0.05) is 60.2 Å². The van der Waals surface area contributed by atoms with Crippen LogP contribution in [0.4, 0.5) is 5.69 Å². The van der Waals surface area contributed by atoms with E-state index in [1.165, 1.54) is 11.7 Å². The van der Waals surface area contributed by atoms with Crippen LogP contribution in [0, 0.1) is 0 Å². The van der Waals surface area contributed by atoms with E-state index in [1.807, 2.05) is 31.2 Å². The molecule has 2 aliphatic heterocycles. The minimum absolute atomic E-state index is 0.203. The van der Waals surface area contributed by atoms with Crippen molar-refractivity contribution in [1.29, 1.82) is 0 Å². The van der Waals surface area contributed by atoms with Crippen molar-refractivity contribution in [2.24, 2.45) is 4.99 Å². The number of hydrogen-bond acceptors (Lipinski definition) is 6. The topological polar surface area (TPSA) is 81.0 Å². The van der Waals surface area contributed by atoms with Crippen molar-refractivity contribution >= 4 is 46.1 Å². The molecule has 1 amide bonds. The summed E-state index contributed by atoms with van der Waals surface area (Å²) >= 11 is 7.26. The highest BCUT2D eigenvalue weighted by molar-refractivity contribution is 7.07. The molecule has 0 aliphatic carbocycles. The third kappa shape index (κ3) is 3.64. The standard InChI is InChI=1S/C26H22ClN3O4S/c1-4-13-29-18-8-6-5-7-17(18)20(23(29)31)22-24(32)30-21(15-9-11-16(27)12-10-15)19(25(33)34-3)14(2)28-26(30)35-22/h5-12,21H,4,13H2,1-3H3. The number of methoxy groups -OCH3 is 1. The number of aromatic nitrogens is 1. The maximum absolute atomic E-state index is 14.0. The summed E-state index contributed by atoms with van der Waals surface area (Å²) in [5, 5.41) is 0.535. The van der Waals surface area contributed by atoms with Crippen molar-refractivity contribution in [3.05, 3.63) is 95.6 Å². The third-order valence-electron chi connectivity index (χ3n) is 6.19. The zero-order valence-corrected chi connectivity index (χ0v) is 20.9. The predicted molar refractivity (Wildman–Crippen MR) is 135 cm³/mol. The fourth-order valence-electron chi connectivity index (χ4n) is 4.65. The monoisotopic (exact) mass is 507 g/mol. The molecule has 5 rings (SSSR count). The molecule has 2 aromatic carbocycles. The molecule has 7 nitrogen and oxygen atoms in total. The summed E-state index contributed by atoms with van der Waals surface area (Å²) in [4.78, 5) is 47.0. The van der Waals surface area contributed by atoms with Gasteiger partial charge in [0.05, 0.1) is 35.7 Å². The molecule has 178 valence electrons. The summed E-state index contributed by atoms with van der Waals surface area (Å²) in [5.74, 6) is -0.772. The van der Waals surface area contributed by atoms with Crippen LogP contribution in [0.1, 0.15) is 37.4 Å². The van der Waals surface area contributed by atoms with Gasteiger partial charge in [-0.3, -0.25) is 14.2 Å². The zero-order valence-electron chi connectivity index (χ0n) is 19.4. The minimum atomic E-state index is -0.760. The minimum Gasteiger partial charge on any atom is -0.466 e. The lowest BCUT2D eigenvalue weighted by molar-refractivity contribution is -0.136. The molecule has 1 unspecified atom stereocenters. The summed E-state index contributed by atoms with van der Waals surface area (Å²) in [6.07, 6.45) is 0.785. The number of carbonyl (C=O) groups excluding carboxylic acids is 2. The van der Waals surface area contributed by atoms with Gasteiger partial charge in [0.2, 0.25) is 0 Å². The summed E-state index contributed by atoms with van der Waals surface area (Å²) in [6.45, 7) is 4.27. The summed E-state index contributed by atoms with van der Waals surface area (Å²) in [7, 11) is 1.30. The van der Waals surface area contributed by atoms with E-state index >= 15 is 0 Å². The highest BCUT2D eigenvalue weighted by Gasteiger charge is 2.36. The van der Waals surface area contributed by atoms with Crippen molar-refractivity contribution in [1.82, 2.24) is 4.57 Å². The number of halogens is 1. The average molecular weight is 508 g/mol. The Labute approximate surface area is 210 Å². The van der Waals surface area contributed by atoms with E-state index in [0.717, 1.165) is 29.0 Å². The first-order chi connectivity index (χ1) is 16.9. The number of hydrogen-bond donors (Lipinski definition) is 0. The van der Waals surface area contributed by atoms with Gasteiger partial charge in [0.25, 0.3) is 11.5 Å². The van der Waals surface area contributed by atoms with E-state index in [9.17, 15) is 14.4 Å². The molecule has 1 aromatic heterocycles. The van der Waals surface area contributed by atoms with Gasteiger partial charge in [0, 0.05) is 17.1 Å². The maximum Gasteiger partial charge on any atom is 0.338 e. The Morgan fingerprint density at radius 3 is 2.54 bits per heavy atom. The quantitative estimate of drug-likeness (QED) is 0.508. The molecule has 0 saturated heterocycles. The van der Waals surface area contributed by atoms with Crippen LogP contribution in [0.5, 0.6) is 0 Å². The van der Waals surface area contributed by atoms with Gasteiger partial charge >= 0.3 is 5.97 Å². The number of rotatable bonds is 4. The fourth-order valence-corrected chi connectivity index (χ4v) is 5.91. The van der Waals surface area contributed by atoms with Crippen LogP contribution in [0.25, 0.3) is 5.57 Å². The Hall–Kier alpha value is -3.49. The lowest BCUT2D eigenvalue weighted by Crippen LogP contribution is -2.40. The molecule has 1 atom stereocenters. The first-order valence-corrected chi connectivity index (χ1v) is 12.4. The Morgan fingerprint density at radius 1 is 1.14 bits per heavy atom. The number of benzene rings is 2. The second-order valence-electron chi connectivity index (χ2n) is 8.29. The number of para-hydroxylation sites is 1. The van der Waals surface area contributed by atoms with Crippen LogP contribution < -0.4 is 19.8 Å². The molecule has 9 heteroatoms. The molecule has 0 spiro atoms. The van der Waals surface area contributed by atoms with Crippen LogP contribution in [-0.2, 0) is 14.3 Å². The molecular formula is C26H22ClN3O4S. The number of thiazole rings is 1. The number of nitrogens with zero attached hydrogens (tertiary/aromatic N) is 3. The number of fused-ring (bicyclic) bond motifs is 2. The van der Waals surface area contributed by atoms with Crippen LogP contribution in [0.15, 0.2) is 69.6 Å². The van der Waals surface area contributed by atoms with Crippen molar-refractivity contribution in [3.63, 3.8) is 0 Å². The largest absolute Gasteiger partial charge is 0.466 e. The summed E-state index contributed by atoms with van der Waals surface area (Å²) < 4.78 is 6.82. The van der Waals surface area contributed by atoms with Crippen LogP contribution in [0.3, 0.4) is 0 Å². The van der Waals surface area contributed by atoms with E-state index in [1.54, 1.807) is 36.1 Å². The molecule has 2 aliphatic rings. The van der Waals surface area contributed by atoms with Crippen LogP contribution in [0.2, 0.25) is 5.02 Å². The van der Waals surface area contributed by atoms with Crippen molar-refractivity contribution in [2.75, 3.05) is 18.6 Å². The van der Waals surface area contributed by atoms with Gasteiger partial charge in [-0.05, 0) is 37.1 Å². The van der Waals surface area contributed by atoms with Crippen molar-refractivity contribution in [2.45, 2.75) is 26.3 Å². The van der Waals surface area contributed by atoms with Gasteiger partial charge in [0.15, 0.2) is 4.80 Å². The Morgan fingerprint density at radius 2 is 1.86 bits per heavy atom. The molecule has 35 heavy (non-hydrogen) atoms. The first kappa shape index (κ1) is 23.3. The van der Waals surface area contributed by atoms with Crippen molar-refractivity contribution in [3.8, 4) is 0 Å². The van der Waals surface area contributed by atoms with Gasteiger partial charge in [-0.15, -0.1) is 0 Å². The normalized spacial score (nSPS) is 18.3. The van der Waals surface area contributed by atoms with E-state index in [4.69, 9.17) is 16.3 Å². The molecule has 3 aromatic rings. The van der Waals surface area contributed by atoms with E-state index in [0.29, 0.717) is 37.7 Å². The lowest BCUT2D eigenvalue weighted by Gasteiger charge is -2.24. The van der Waals surface area contributed by atoms with Gasteiger partial charge in [0.1, 0.15) is 4.53 Å². The predicted octanol–water partition coefficient (Wildman–Crippen LogP) is 3.19. The van der Waals surface area contributed by atoms with Crippen LogP contribution >= 0.6 is 22.9 Å². The SMILES string of the molecule is CCCN1C(=O)C(=c2sc3n(c2=O)C(c2ccc(Cl)cc2)C(C(=O)OC)=C(C)N=3)c2ccccc21. The number of ether oxygens (including phenoxy) is 1. The van der Waals surface area contributed by atoms with Gasteiger partial charge in [-0.2, -0.15) is 0 Å². The fraction of sp³-hybridized carbons (Fsp3) is 0.231. The maximum atomic E-state index is 14.0. The number of esters is 1. The summed E-state index contributed by atoms with van der Waals surface area (Å²) in [5.41, 5.74) is 2.92. The lowest BCUT2D eigenvalue weighted by atomic mass is 9.96. The Bertz CT molecular complexity index is 1580. The molecule has 0 saturated carbocycles. The molecular weight excluding hydrogens is 486 g/mol. The highest BCUT2D eigenvalue weighted by Crippen LogP contribution is 2.35. The Kier molecular flexibility index (Phi) is 5.94. The zero-order chi connectivity index (χ0) is 24.9. The number of anilines is 1. The van der Waals surface area contributed by atoms with Crippen LogP contribution in [-0.4, -0.2) is 30.1 Å². The number of allylic oxidation sites excluding steroid dienone is 1. The average Bonchev–Trinajstić information content (AvgIpc) is 3.31. The third-order valence-corrected chi connectivity index (χ3v) is 7.49. The smallest absolute Gasteiger partial charge is 0.338 e. The Balaban J connectivity index is 1.83. The highest BCUT2D eigenvalue weighted by atomic mass is 35.5. The first-order valence-electron chi connectivity index (χ1n) is 11.2. The molecule has 3 heterocycles. The second-order valence-corrected chi connectivity index (χ2v) is 9.71.